The van der Waals surface area contributed by atoms with Crippen LogP contribution in [0, 0.1) is 0 Å². The average molecular weight is 391 g/mol. The number of carbonyl (C=O) groups excluding carboxylic acids is 1. The molecule has 0 bridgehead atoms. The molecular weight excluding hydrogens is 370 g/mol. The van der Waals surface area contributed by atoms with Gasteiger partial charge >= 0.3 is 0 Å². The Morgan fingerprint density at radius 2 is 1.97 bits per heavy atom. The molecule has 2 fully saturated rings. The Morgan fingerprint density at radius 1 is 1.14 bits per heavy atom. The van der Waals surface area contributed by atoms with Gasteiger partial charge in [0.1, 0.15) is 17.6 Å². The fourth-order valence-electron chi connectivity index (χ4n) is 3.39. The largest absolute Gasteiger partial charge is 0.497 e. The van der Waals surface area contributed by atoms with E-state index in [1.807, 2.05) is 36.4 Å². The maximum atomic E-state index is 12.6. The van der Waals surface area contributed by atoms with Gasteiger partial charge in [-0.15, -0.1) is 0 Å². The summed E-state index contributed by atoms with van der Waals surface area (Å²) < 4.78 is 16.8. The molecule has 1 aliphatic heterocycles. The van der Waals surface area contributed by atoms with Gasteiger partial charge in [-0.2, -0.15) is 4.98 Å². The molecule has 7 heteroatoms. The number of rotatable bonds is 6. The molecule has 1 amide bonds. The highest BCUT2D eigenvalue weighted by atomic mass is 16.5. The number of likely N-dealkylation sites (tertiary alicyclic amines) is 1. The highest BCUT2D eigenvalue weighted by Crippen LogP contribution is 2.40. The Labute approximate surface area is 168 Å². The Hall–Kier alpha value is -3.35. The molecule has 1 saturated heterocycles. The normalized spacial score (nSPS) is 16.4. The third-order valence-corrected chi connectivity index (χ3v) is 5.25. The molecule has 0 unspecified atom stereocenters. The van der Waals surface area contributed by atoms with Crippen molar-refractivity contribution in [1.29, 1.82) is 0 Å². The minimum absolute atomic E-state index is 0.0250. The number of aromatic nitrogens is 2. The van der Waals surface area contributed by atoms with Gasteiger partial charge in [0.2, 0.25) is 0 Å². The standard InChI is InChI=1S/C22H21N3O4/c1-27-16-6-4-5-15(11-16)22(26)25-12-17(13-25)28-19-8-3-2-7-18(19)21-23-20(24-29-21)14-9-10-14/h2-8,11,14,17H,9-10,12-13H2,1H3. The molecule has 0 N–H and O–H groups in total. The second-order valence-corrected chi connectivity index (χ2v) is 7.41. The second-order valence-electron chi connectivity index (χ2n) is 7.41. The molecule has 1 saturated carbocycles. The maximum Gasteiger partial charge on any atom is 0.261 e. The molecule has 29 heavy (non-hydrogen) atoms. The zero-order valence-corrected chi connectivity index (χ0v) is 16.1. The average Bonchev–Trinajstić information content (AvgIpc) is 3.47. The van der Waals surface area contributed by atoms with Crippen molar-refractivity contribution in [3.05, 3.63) is 59.9 Å². The van der Waals surface area contributed by atoms with Crippen LogP contribution in [0.5, 0.6) is 11.5 Å². The Kier molecular flexibility index (Phi) is 4.42. The van der Waals surface area contributed by atoms with Gasteiger partial charge in [0, 0.05) is 11.5 Å². The first-order valence-electron chi connectivity index (χ1n) is 9.74. The van der Waals surface area contributed by atoms with E-state index < -0.39 is 0 Å². The minimum Gasteiger partial charge on any atom is -0.497 e. The van der Waals surface area contributed by atoms with Crippen molar-refractivity contribution < 1.29 is 18.8 Å². The first-order valence-corrected chi connectivity index (χ1v) is 9.74. The van der Waals surface area contributed by atoms with Gasteiger partial charge in [-0.25, -0.2) is 0 Å². The van der Waals surface area contributed by atoms with E-state index in [1.165, 1.54) is 0 Å². The fraction of sp³-hybridized carbons (Fsp3) is 0.318. The molecular formula is C22H21N3O4. The zero-order chi connectivity index (χ0) is 19.8. The van der Waals surface area contributed by atoms with Crippen LogP contribution in [0.3, 0.4) is 0 Å². The number of nitrogens with zero attached hydrogens (tertiary/aromatic N) is 3. The lowest BCUT2D eigenvalue weighted by Crippen LogP contribution is -2.56. The summed E-state index contributed by atoms with van der Waals surface area (Å²) in [7, 11) is 1.59. The number of para-hydroxylation sites is 1. The molecule has 5 rings (SSSR count). The summed E-state index contributed by atoms with van der Waals surface area (Å²) >= 11 is 0. The number of carbonyl (C=O) groups is 1. The summed E-state index contributed by atoms with van der Waals surface area (Å²) in [5.74, 6) is 3.02. The molecule has 3 aromatic rings. The SMILES string of the molecule is COc1cccc(C(=O)N2CC(Oc3ccccc3-c3nc(C4CC4)no3)C2)c1. The summed E-state index contributed by atoms with van der Waals surface area (Å²) in [6.45, 7) is 1.06. The van der Waals surface area contributed by atoms with Gasteiger partial charge in [0.05, 0.1) is 25.8 Å². The van der Waals surface area contributed by atoms with E-state index in [9.17, 15) is 4.79 Å². The quantitative estimate of drug-likeness (QED) is 0.640. The van der Waals surface area contributed by atoms with Crippen molar-refractivity contribution in [1.82, 2.24) is 15.0 Å². The Balaban J connectivity index is 1.25. The van der Waals surface area contributed by atoms with Crippen molar-refractivity contribution in [2.75, 3.05) is 20.2 Å². The first kappa shape index (κ1) is 17.7. The zero-order valence-electron chi connectivity index (χ0n) is 16.1. The Bertz CT molecular complexity index is 1040. The first-order chi connectivity index (χ1) is 14.2. The van der Waals surface area contributed by atoms with Crippen molar-refractivity contribution in [3.8, 4) is 23.0 Å². The molecule has 0 atom stereocenters. The number of methoxy groups -OCH3 is 1. The molecule has 0 radical (unpaired) electrons. The molecule has 0 spiro atoms. The van der Waals surface area contributed by atoms with Crippen molar-refractivity contribution in [2.24, 2.45) is 0 Å². The third-order valence-electron chi connectivity index (χ3n) is 5.25. The molecule has 148 valence electrons. The molecule has 7 nitrogen and oxygen atoms in total. The van der Waals surface area contributed by atoms with Crippen LogP contribution in [0.1, 0.15) is 34.9 Å². The van der Waals surface area contributed by atoms with E-state index in [0.29, 0.717) is 42.0 Å². The monoisotopic (exact) mass is 391 g/mol. The molecule has 1 aromatic heterocycles. The van der Waals surface area contributed by atoms with E-state index >= 15 is 0 Å². The van der Waals surface area contributed by atoms with Crippen molar-refractivity contribution in [2.45, 2.75) is 24.9 Å². The predicted molar refractivity (Wildman–Crippen MR) is 105 cm³/mol. The smallest absolute Gasteiger partial charge is 0.261 e. The van der Waals surface area contributed by atoms with Crippen LogP contribution >= 0.6 is 0 Å². The number of amides is 1. The number of hydrogen-bond donors (Lipinski definition) is 0. The summed E-state index contributed by atoms with van der Waals surface area (Å²) in [6.07, 6.45) is 2.17. The number of benzene rings is 2. The molecule has 2 aliphatic rings. The topological polar surface area (TPSA) is 77.7 Å². The van der Waals surface area contributed by atoms with Gasteiger partial charge in [-0.05, 0) is 43.2 Å². The van der Waals surface area contributed by atoms with Gasteiger partial charge < -0.3 is 18.9 Å². The van der Waals surface area contributed by atoms with Crippen molar-refractivity contribution >= 4 is 5.91 Å². The number of hydrogen-bond acceptors (Lipinski definition) is 6. The van der Waals surface area contributed by atoms with Gasteiger partial charge in [-0.1, -0.05) is 23.4 Å². The van der Waals surface area contributed by atoms with Crippen LogP contribution in [-0.2, 0) is 0 Å². The minimum atomic E-state index is -0.0727. The van der Waals surface area contributed by atoms with Crippen LogP contribution in [0.15, 0.2) is 53.1 Å². The van der Waals surface area contributed by atoms with Crippen LogP contribution in [0.25, 0.3) is 11.5 Å². The molecule has 2 heterocycles. The summed E-state index contributed by atoms with van der Waals surface area (Å²) in [5.41, 5.74) is 1.39. The van der Waals surface area contributed by atoms with E-state index in [0.717, 1.165) is 24.2 Å². The van der Waals surface area contributed by atoms with Crippen LogP contribution in [0.4, 0.5) is 0 Å². The van der Waals surface area contributed by atoms with Crippen LogP contribution < -0.4 is 9.47 Å². The maximum absolute atomic E-state index is 12.6. The molecule has 1 aliphatic carbocycles. The predicted octanol–water partition coefficient (Wildman–Crippen LogP) is 3.53. The summed E-state index contributed by atoms with van der Waals surface area (Å²) in [6, 6.07) is 14.8. The van der Waals surface area contributed by atoms with Gasteiger partial charge in [0.25, 0.3) is 11.8 Å². The highest BCUT2D eigenvalue weighted by molar-refractivity contribution is 5.95. The van der Waals surface area contributed by atoms with E-state index in [4.69, 9.17) is 14.0 Å². The van der Waals surface area contributed by atoms with Crippen LogP contribution in [0.2, 0.25) is 0 Å². The number of ether oxygens (including phenoxy) is 2. The molecule has 2 aromatic carbocycles. The van der Waals surface area contributed by atoms with Crippen LogP contribution in [-0.4, -0.2) is 47.3 Å². The lowest BCUT2D eigenvalue weighted by atomic mass is 10.1. The summed E-state index contributed by atoms with van der Waals surface area (Å²) in [5, 5.41) is 4.09. The fourth-order valence-corrected chi connectivity index (χ4v) is 3.39. The van der Waals surface area contributed by atoms with E-state index in [-0.39, 0.29) is 12.0 Å². The van der Waals surface area contributed by atoms with E-state index in [1.54, 1.807) is 24.1 Å². The Morgan fingerprint density at radius 3 is 2.76 bits per heavy atom. The second kappa shape index (κ2) is 7.24. The van der Waals surface area contributed by atoms with Crippen molar-refractivity contribution in [3.63, 3.8) is 0 Å². The third kappa shape index (κ3) is 3.55. The van der Waals surface area contributed by atoms with E-state index in [2.05, 4.69) is 10.1 Å². The lowest BCUT2D eigenvalue weighted by Gasteiger charge is -2.39. The van der Waals surface area contributed by atoms with Gasteiger partial charge in [-0.3, -0.25) is 4.79 Å². The lowest BCUT2D eigenvalue weighted by molar-refractivity contribution is 0.0179. The highest BCUT2D eigenvalue weighted by Gasteiger charge is 2.34. The van der Waals surface area contributed by atoms with Gasteiger partial charge in [0.15, 0.2) is 5.82 Å². The summed E-state index contributed by atoms with van der Waals surface area (Å²) in [4.78, 5) is 18.9.